The number of ether oxygens (including phenoxy) is 1. The van der Waals surface area contributed by atoms with Crippen molar-refractivity contribution in [3.05, 3.63) is 83.7 Å². The van der Waals surface area contributed by atoms with E-state index in [4.69, 9.17) is 4.74 Å². The van der Waals surface area contributed by atoms with Crippen molar-refractivity contribution < 1.29 is 4.74 Å². The highest BCUT2D eigenvalue weighted by molar-refractivity contribution is 14.0. The number of hydrogen-bond donors (Lipinski definition) is 2. The number of guanidine groups is 1. The van der Waals surface area contributed by atoms with Crippen LogP contribution in [-0.4, -0.2) is 36.4 Å². The molecule has 0 radical (unpaired) electrons. The minimum atomic E-state index is 0. The molecule has 2 N–H and O–H groups in total. The van der Waals surface area contributed by atoms with Crippen molar-refractivity contribution in [3.8, 4) is 5.75 Å². The lowest BCUT2D eigenvalue weighted by Crippen LogP contribution is -2.37. The number of nitrogens with zero attached hydrogens (tertiary/aromatic N) is 3. The van der Waals surface area contributed by atoms with Gasteiger partial charge in [-0.3, -0.25) is 9.67 Å². The molecule has 0 atom stereocenters. The van der Waals surface area contributed by atoms with Gasteiger partial charge in [0.1, 0.15) is 5.75 Å². The number of aliphatic imine (C=N–C) groups is 1. The molecule has 3 aromatic rings. The molecule has 2 aromatic carbocycles. The highest BCUT2D eigenvalue weighted by Crippen LogP contribution is 2.17. The normalized spacial score (nSPS) is 10.9. The van der Waals surface area contributed by atoms with Crippen LogP contribution in [0.5, 0.6) is 5.75 Å². The third-order valence-corrected chi connectivity index (χ3v) is 4.44. The molecule has 6 nitrogen and oxygen atoms in total. The first-order valence-corrected chi connectivity index (χ1v) is 9.40. The maximum Gasteiger partial charge on any atom is 0.191 e. The first-order chi connectivity index (χ1) is 13.8. The highest BCUT2D eigenvalue weighted by Gasteiger charge is 2.04. The number of rotatable bonds is 8. The Kier molecular flexibility index (Phi) is 9.49. The summed E-state index contributed by atoms with van der Waals surface area (Å²) < 4.78 is 7.35. The third-order valence-electron chi connectivity index (χ3n) is 4.44. The van der Waals surface area contributed by atoms with Gasteiger partial charge in [-0.05, 0) is 23.6 Å². The van der Waals surface area contributed by atoms with Gasteiger partial charge in [-0.15, -0.1) is 24.0 Å². The average Bonchev–Trinajstić information content (AvgIpc) is 3.18. The Morgan fingerprint density at radius 1 is 1.03 bits per heavy atom. The van der Waals surface area contributed by atoms with Crippen LogP contribution in [-0.2, 0) is 19.5 Å². The van der Waals surface area contributed by atoms with E-state index in [1.807, 2.05) is 47.3 Å². The quantitative estimate of drug-likeness (QED) is 0.280. The monoisotopic (exact) mass is 505 g/mol. The van der Waals surface area contributed by atoms with Gasteiger partial charge in [0.2, 0.25) is 0 Å². The van der Waals surface area contributed by atoms with Crippen LogP contribution in [0.15, 0.2) is 72.0 Å². The number of para-hydroxylation sites is 1. The molecule has 0 amide bonds. The molecule has 0 fully saturated rings. The van der Waals surface area contributed by atoms with E-state index in [0.29, 0.717) is 6.54 Å². The van der Waals surface area contributed by atoms with Crippen LogP contribution in [0.2, 0.25) is 0 Å². The van der Waals surface area contributed by atoms with E-state index in [0.717, 1.165) is 36.8 Å². The summed E-state index contributed by atoms with van der Waals surface area (Å²) in [6, 6.07) is 18.4. The molecule has 0 spiro atoms. The molecule has 1 heterocycles. The fraction of sp³-hybridized carbons (Fsp3) is 0.273. The molecule has 0 aliphatic carbocycles. The summed E-state index contributed by atoms with van der Waals surface area (Å²) >= 11 is 0. The standard InChI is InChI=1S/C22H27N5O.HI/c1-23-22(24-13-12-20-10-6-7-11-21(20)28-2)25-14-19-15-26-27(17-19)16-18-8-4-3-5-9-18;/h3-11,15,17H,12-14,16H2,1-2H3,(H2,23,24,25);1H. The Balaban J connectivity index is 0.00000300. The molecule has 154 valence electrons. The van der Waals surface area contributed by atoms with Gasteiger partial charge >= 0.3 is 0 Å². The molecule has 0 saturated carbocycles. The van der Waals surface area contributed by atoms with E-state index in [1.54, 1.807) is 14.2 Å². The van der Waals surface area contributed by atoms with Crippen LogP contribution in [0.4, 0.5) is 0 Å². The predicted octanol–water partition coefficient (Wildman–Crippen LogP) is 3.47. The molecule has 0 unspecified atom stereocenters. The lowest BCUT2D eigenvalue weighted by Gasteiger charge is -2.12. The van der Waals surface area contributed by atoms with Crippen molar-refractivity contribution in [2.75, 3.05) is 20.7 Å². The molecular formula is C22H28IN5O. The molecule has 0 aliphatic rings. The number of benzene rings is 2. The third kappa shape index (κ3) is 7.08. The van der Waals surface area contributed by atoms with Crippen LogP contribution in [0, 0.1) is 0 Å². The molecule has 0 saturated heterocycles. The van der Waals surface area contributed by atoms with Gasteiger partial charge in [-0.2, -0.15) is 5.10 Å². The highest BCUT2D eigenvalue weighted by atomic mass is 127. The molecule has 7 heteroatoms. The fourth-order valence-electron chi connectivity index (χ4n) is 2.99. The molecule has 0 aliphatic heterocycles. The second-order valence-electron chi connectivity index (χ2n) is 6.45. The summed E-state index contributed by atoms with van der Waals surface area (Å²) in [6.07, 6.45) is 4.81. The van der Waals surface area contributed by atoms with Gasteiger partial charge in [-0.1, -0.05) is 48.5 Å². The minimum Gasteiger partial charge on any atom is -0.496 e. The summed E-state index contributed by atoms with van der Waals surface area (Å²) in [4.78, 5) is 4.29. The van der Waals surface area contributed by atoms with Crippen molar-refractivity contribution >= 4 is 29.9 Å². The van der Waals surface area contributed by atoms with E-state index in [-0.39, 0.29) is 24.0 Å². The topological polar surface area (TPSA) is 63.5 Å². The molecular weight excluding hydrogens is 477 g/mol. The minimum absolute atomic E-state index is 0. The summed E-state index contributed by atoms with van der Waals surface area (Å²) in [5.41, 5.74) is 3.53. The molecule has 1 aromatic heterocycles. The van der Waals surface area contributed by atoms with Crippen molar-refractivity contribution in [2.45, 2.75) is 19.5 Å². The maximum absolute atomic E-state index is 5.40. The molecule has 0 bridgehead atoms. The van der Waals surface area contributed by atoms with E-state index >= 15 is 0 Å². The van der Waals surface area contributed by atoms with Gasteiger partial charge in [0.15, 0.2) is 5.96 Å². The van der Waals surface area contributed by atoms with Crippen molar-refractivity contribution in [2.24, 2.45) is 4.99 Å². The van der Waals surface area contributed by atoms with Crippen LogP contribution in [0.1, 0.15) is 16.7 Å². The number of methoxy groups -OCH3 is 1. The molecule has 3 rings (SSSR count). The lowest BCUT2D eigenvalue weighted by atomic mass is 10.1. The largest absolute Gasteiger partial charge is 0.496 e. The van der Waals surface area contributed by atoms with E-state index in [1.165, 1.54) is 11.1 Å². The first kappa shape index (κ1) is 22.7. The van der Waals surface area contributed by atoms with Crippen molar-refractivity contribution in [3.63, 3.8) is 0 Å². The maximum atomic E-state index is 5.40. The second-order valence-corrected chi connectivity index (χ2v) is 6.45. The summed E-state index contributed by atoms with van der Waals surface area (Å²) in [5.74, 6) is 1.68. The van der Waals surface area contributed by atoms with Crippen molar-refractivity contribution in [1.29, 1.82) is 0 Å². The Labute approximate surface area is 189 Å². The Bertz CT molecular complexity index is 895. The average molecular weight is 505 g/mol. The smallest absolute Gasteiger partial charge is 0.191 e. The van der Waals surface area contributed by atoms with Crippen LogP contribution >= 0.6 is 24.0 Å². The van der Waals surface area contributed by atoms with Gasteiger partial charge in [-0.25, -0.2) is 0 Å². The zero-order chi connectivity index (χ0) is 19.6. The second kappa shape index (κ2) is 12.1. The summed E-state index contributed by atoms with van der Waals surface area (Å²) in [6.45, 7) is 2.21. The Morgan fingerprint density at radius 2 is 1.79 bits per heavy atom. The SMILES string of the molecule is CN=C(NCCc1ccccc1OC)NCc1cnn(Cc2ccccc2)c1.I. The zero-order valence-electron chi connectivity index (χ0n) is 16.8. The van der Waals surface area contributed by atoms with Gasteiger partial charge < -0.3 is 15.4 Å². The van der Waals surface area contributed by atoms with Crippen LogP contribution in [0.25, 0.3) is 0 Å². The number of nitrogens with one attached hydrogen (secondary N) is 2. The Hall–Kier alpha value is -2.55. The predicted molar refractivity (Wildman–Crippen MR) is 128 cm³/mol. The van der Waals surface area contributed by atoms with Crippen LogP contribution < -0.4 is 15.4 Å². The number of hydrogen-bond acceptors (Lipinski definition) is 3. The molecule has 29 heavy (non-hydrogen) atoms. The van der Waals surface area contributed by atoms with Crippen molar-refractivity contribution in [1.82, 2.24) is 20.4 Å². The van der Waals surface area contributed by atoms with Gasteiger partial charge in [0.05, 0.1) is 19.9 Å². The van der Waals surface area contributed by atoms with E-state index in [9.17, 15) is 0 Å². The summed E-state index contributed by atoms with van der Waals surface area (Å²) in [7, 11) is 3.47. The lowest BCUT2D eigenvalue weighted by molar-refractivity contribution is 0.409. The van der Waals surface area contributed by atoms with Crippen LogP contribution in [0.3, 0.4) is 0 Å². The Morgan fingerprint density at radius 3 is 2.55 bits per heavy atom. The summed E-state index contributed by atoms with van der Waals surface area (Å²) in [5, 5.41) is 11.1. The van der Waals surface area contributed by atoms with Gasteiger partial charge in [0, 0.05) is 31.9 Å². The zero-order valence-corrected chi connectivity index (χ0v) is 19.2. The first-order valence-electron chi connectivity index (χ1n) is 9.40. The van der Waals surface area contributed by atoms with E-state index < -0.39 is 0 Å². The van der Waals surface area contributed by atoms with Gasteiger partial charge in [0.25, 0.3) is 0 Å². The fourth-order valence-corrected chi connectivity index (χ4v) is 2.99. The number of aromatic nitrogens is 2. The number of halogens is 1. The van der Waals surface area contributed by atoms with E-state index in [2.05, 4.69) is 45.1 Å².